The molecule has 3 aromatic rings. The zero-order chi connectivity index (χ0) is 17.1. The highest BCUT2D eigenvalue weighted by Crippen LogP contribution is 2.32. The van der Waals surface area contributed by atoms with E-state index in [4.69, 9.17) is 4.98 Å². The number of hydrogen-bond donors (Lipinski definition) is 0. The van der Waals surface area contributed by atoms with E-state index >= 15 is 0 Å². The third-order valence-corrected chi connectivity index (χ3v) is 4.98. The van der Waals surface area contributed by atoms with Gasteiger partial charge in [-0.3, -0.25) is 0 Å². The highest BCUT2D eigenvalue weighted by Gasteiger charge is 2.19. The molecule has 3 nitrogen and oxygen atoms in total. The predicted octanol–water partition coefficient (Wildman–Crippen LogP) is 5.33. The number of aromatic nitrogens is 2. The number of benzene rings is 2. The Morgan fingerprint density at radius 3 is 2.44 bits per heavy atom. The molecule has 25 heavy (non-hydrogen) atoms. The molecule has 0 amide bonds. The van der Waals surface area contributed by atoms with Crippen molar-refractivity contribution in [3.05, 3.63) is 71.6 Å². The Kier molecular flexibility index (Phi) is 4.35. The number of imidazole rings is 1. The van der Waals surface area contributed by atoms with Crippen LogP contribution in [0, 0.1) is 11.3 Å². The van der Waals surface area contributed by atoms with Crippen molar-refractivity contribution in [1.82, 2.24) is 9.55 Å². The fraction of sp³-hybridized carbons (Fsp3) is 0.273. The van der Waals surface area contributed by atoms with Gasteiger partial charge in [-0.1, -0.05) is 48.9 Å². The summed E-state index contributed by atoms with van der Waals surface area (Å²) < 4.78 is 2.20. The topological polar surface area (TPSA) is 41.6 Å². The van der Waals surface area contributed by atoms with Crippen molar-refractivity contribution in [3.63, 3.8) is 0 Å². The van der Waals surface area contributed by atoms with Crippen LogP contribution in [-0.4, -0.2) is 9.55 Å². The smallest absolute Gasteiger partial charge is 0.152 e. The minimum Gasteiger partial charge on any atom is -0.319 e. The lowest BCUT2D eigenvalue weighted by Crippen LogP contribution is -2.07. The number of para-hydroxylation sites is 2. The van der Waals surface area contributed by atoms with Crippen molar-refractivity contribution >= 4 is 16.6 Å². The molecule has 0 N–H and O–H groups in total. The molecule has 0 atom stereocenters. The third kappa shape index (κ3) is 3.08. The molecule has 0 bridgehead atoms. The van der Waals surface area contributed by atoms with Gasteiger partial charge in [0, 0.05) is 6.54 Å². The lowest BCUT2D eigenvalue weighted by molar-refractivity contribution is 0.600. The molecule has 1 aliphatic carbocycles. The molecule has 1 heterocycles. The molecule has 4 rings (SSSR count). The Hall–Kier alpha value is -2.86. The first-order valence-corrected chi connectivity index (χ1v) is 8.98. The van der Waals surface area contributed by atoms with Crippen LogP contribution in [-0.2, 0) is 6.54 Å². The van der Waals surface area contributed by atoms with Gasteiger partial charge >= 0.3 is 0 Å². The Labute approximate surface area is 148 Å². The molecule has 0 saturated heterocycles. The van der Waals surface area contributed by atoms with Crippen LogP contribution in [0.2, 0.25) is 0 Å². The normalized spacial score (nSPS) is 14.4. The van der Waals surface area contributed by atoms with Gasteiger partial charge in [-0.05, 0) is 49.0 Å². The Morgan fingerprint density at radius 2 is 1.68 bits per heavy atom. The molecule has 3 heteroatoms. The SMILES string of the molecule is N#CC(=C1CCCCC1)c1nc2ccccc2n1Cc1ccccc1. The fourth-order valence-corrected chi connectivity index (χ4v) is 3.71. The van der Waals surface area contributed by atoms with E-state index in [-0.39, 0.29) is 0 Å². The van der Waals surface area contributed by atoms with Crippen LogP contribution in [0.5, 0.6) is 0 Å². The Balaban J connectivity index is 1.88. The summed E-state index contributed by atoms with van der Waals surface area (Å²) in [6, 6.07) is 21.0. The van der Waals surface area contributed by atoms with Crippen LogP contribution in [0.1, 0.15) is 43.5 Å². The molecular formula is C22H21N3. The van der Waals surface area contributed by atoms with E-state index in [9.17, 15) is 5.26 Å². The average Bonchev–Trinajstić information content (AvgIpc) is 3.03. The first kappa shape index (κ1) is 15.7. The van der Waals surface area contributed by atoms with Gasteiger partial charge in [-0.15, -0.1) is 0 Å². The van der Waals surface area contributed by atoms with Gasteiger partial charge in [-0.25, -0.2) is 4.98 Å². The van der Waals surface area contributed by atoms with Gasteiger partial charge in [-0.2, -0.15) is 5.26 Å². The van der Waals surface area contributed by atoms with E-state index in [1.54, 1.807) is 0 Å². The van der Waals surface area contributed by atoms with E-state index in [2.05, 4.69) is 41.0 Å². The van der Waals surface area contributed by atoms with Crippen LogP contribution in [0.15, 0.2) is 60.2 Å². The summed E-state index contributed by atoms with van der Waals surface area (Å²) >= 11 is 0. The molecule has 1 aromatic heterocycles. The Bertz CT molecular complexity index is 950. The van der Waals surface area contributed by atoms with Gasteiger partial charge in [0.25, 0.3) is 0 Å². The second-order valence-electron chi connectivity index (χ2n) is 6.65. The number of allylic oxidation sites excluding steroid dienone is 2. The molecule has 0 unspecified atom stereocenters. The molecule has 0 aliphatic heterocycles. The van der Waals surface area contributed by atoms with Crippen LogP contribution >= 0.6 is 0 Å². The Morgan fingerprint density at radius 1 is 0.960 bits per heavy atom. The summed E-state index contributed by atoms with van der Waals surface area (Å²) in [7, 11) is 0. The van der Waals surface area contributed by atoms with Gasteiger partial charge in [0.05, 0.1) is 16.6 Å². The van der Waals surface area contributed by atoms with E-state index in [1.807, 2.05) is 24.3 Å². The van der Waals surface area contributed by atoms with Crippen molar-refractivity contribution in [1.29, 1.82) is 5.26 Å². The minimum atomic E-state index is 0.731. The summed E-state index contributed by atoms with van der Waals surface area (Å²) in [5, 5.41) is 9.89. The molecule has 1 aliphatic rings. The molecule has 1 saturated carbocycles. The number of hydrogen-bond acceptors (Lipinski definition) is 2. The first-order valence-electron chi connectivity index (χ1n) is 8.98. The molecule has 124 valence electrons. The largest absolute Gasteiger partial charge is 0.319 e. The number of nitriles is 1. The van der Waals surface area contributed by atoms with E-state index < -0.39 is 0 Å². The second kappa shape index (κ2) is 6.94. The molecule has 0 radical (unpaired) electrons. The van der Waals surface area contributed by atoms with Crippen LogP contribution in [0.4, 0.5) is 0 Å². The quantitative estimate of drug-likeness (QED) is 0.610. The molecular weight excluding hydrogens is 306 g/mol. The monoisotopic (exact) mass is 327 g/mol. The van der Waals surface area contributed by atoms with Crippen LogP contribution in [0.3, 0.4) is 0 Å². The zero-order valence-corrected chi connectivity index (χ0v) is 14.3. The highest BCUT2D eigenvalue weighted by atomic mass is 15.1. The number of fused-ring (bicyclic) bond motifs is 1. The summed E-state index contributed by atoms with van der Waals surface area (Å²) in [4.78, 5) is 4.84. The van der Waals surface area contributed by atoms with Crippen LogP contribution in [0.25, 0.3) is 16.6 Å². The van der Waals surface area contributed by atoms with Crippen molar-refractivity contribution in [2.24, 2.45) is 0 Å². The van der Waals surface area contributed by atoms with Gasteiger partial charge in [0.2, 0.25) is 0 Å². The molecule has 2 aromatic carbocycles. The van der Waals surface area contributed by atoms with Crippen molar-refractivity contribution < 1.29 is 0 Å². The highest BCUT2D eigenvalue weighted by molar-refractivity contribution is 5.84. The molecule has 1 fully saturated rings. The van der Waals surface area contributed by atoms with E-state index in [0.717, 1.165) is 41.8 Å². The lowest BCUT2D eigenvalue weighted by atomic mass is 9.91. The number of nitrogens with zero attached hydrogens (tertiary/aromatic N) is 3. The molecule has 0 spiro atoms. The zero-order valence-electron chi connectivity index (χ0n) is 14.3. The van der Waals surface area contributed by atoms with Crippen molar-refractivity contribution in [2.75, 3.05) is 0 Å². The average molecular weight is 327 g/mol. The standard InChI is InChI=1S/C22H21N3/c23-15-19(18-11-5-2-6-12-18)22-24-20-13-7-8-14-21(20)25(22)16-17-9-3-1-4-10-17/h1,3-4,7-10,13-14H,2,5-6,11-12,16H2. The maximum atomic E-state index is 9.89. The summed E-state index contributed by atoms with van der Waals surface area (Å²) in [6.07, 6.45) is 5.68. The van der Waals surface area contributed by atoms with Crippen molar-refractivity contribution in [3.8, 4) is 6.07 Å². The summed E-state index contributed by atoms with van der Waals surface area (Å²) in [5.41, 5.74) is 5.33. The van der Waals surface area contributed by atoms with E-state index in [0.29, 0.717) is 0 Å². The summed E-state index contributed by atoms with van der Waals surface area (Å²) in [6.45, 7) is 0.731. The fourth-order valence-electron chi connectivity index (χ4n) is 3.71. The predicted molar refractivity (Wildman–Crippen MR) is 101 cm³/mol. The van der Waals surface area contributed by atoms with Gasteiger partial charge in [0.15, 0.2) is 5.82 Å². The maximum absolute atomic E-state index is 9.89. The maximum Gasteiger partial charge on any atom is 0.152 e. The van der Waals surface area contributed by atoms with E-state index in [1.165, 1.54) is 30.4 Å². The van der Waals surface area contributed by atoms with Gasteiger partial charge in [0.1, 0.15) is 6.07 Å². The lowest BCUT2D eigenvalue weighted by Gasteiger charge is -2.16. The first-order chi connectivity index (χ1) is 12.4. The van der Waals surface area contributed by atoms with Crippen molar-refractivity contribution in [2.45, 2.75) is 38.6 Å². The van der Waals surface area contributed by atoms with Gasteiger partial charge < -0.3 is 4.57 Å². The van der Waals surface area contributed by atoms with Crippen LogP contribution < -0.4 is 0 Å². The summed E-state index contributed by atoms with van der Waals surface area (Å²) in [5.74, 6) is 0.824. The minimum absolute atomic E-state index is 0.731. The number of rotatable bonds is 3. The third-order valence-electron chi connectivity index (χ3n) is 4.98. The second-order valence-corrected chi connectivity index (χ2v) is 6.65.